The summed E-state index contributed by atoms with van der Waals surface area (Å²) >= 11 is 0. The molecule has 1 aromatic carbocycles. The molecule has 0 amide bonds. The predicted octanol–water partition coefficient (Wildman–Crippen LogP) is 1.54. The Labute approximate surface area is 69.2 Å². The number of benzene rings is 1. The van der Waals surface area contributed by atoms with Crippen molar-refractivity contribution < 1.29 is 9.18 Å². The van der Waals surface area contributed by atoms with Crippen molar-refractivity contribution >= 4 is 11.5 Å². The van der Waals surface area contributed by atoms with Crippen LogP contribution < -0.4 is 5.73 Å². The Morgan fingerprint density at radius 2 is 2.08 bits per heavy atom. The summed E-state index contributed by atoms with van der Waals surface area (Å²) in [7, 11) is 0. The number of nitrogen functional groups attached to an aromatic ring is 1. The summed E-state index contributed by atoms with van der Waals surface area (Å²) in [6.07, 6.45) is 1.04. The number of carbonyl (C=O) groups excluding carboxylic acids is 1. The van der Waals surface area contributed by atoms with Crippen molar-refractivity contribution in [1.82, 2.24) is 0 Å². The maximum atomic E-state index is 12.9. The number of hydrogen-bond acceptors (Lipinski definition) is 2. The van der Waals surface area contributed by atoms with Crippen molar-refractivity contribution in [2.24, 2.45) is 0 Å². The molecule has 0 aliphatic heterocycles. The van der Waals surface area contributed by atoms with Gasteiger partial charge in [-0.05, 0) is 24.1 Å². The molecule has 2 nitrogen and oxygen atoms in total. The van der Waals surface area contributed by atoms with Gasteiger partial charge in [0.2, 0.25) is 0 Å². The van der Waals surface area contributed by atoms with Gasteiger partial charge in [-0.1, -0.05) is 0 Å². The van der Waals surface area contributed by atoms with Gasteiger partial charge >= 0.3 is 0 Å². The van der Waals surface area contributed by atoms with Gasteiger partial charge in [-0.25, -0.2) is 4.39 Å². The van der Waals surface area contributed by atoms with Gasteiger partial charge in [0.05, 0.1) is 5.69 Å². The Morgan fingerprint density at radius 3 is 2.83 bits per heavy atom. The summed E-state index contributed by atoms with van der Waals surface area (Å²) in [4.78, 5) is 11.2. The number of fused-ring (bicyclic) bond motifs is 1. The average Bonchev–Trinajstić information content (AvgIpc) is 2.41. The molecule has 0 bridgehead atoms. The number of anilines is 1. The summed E-state index contributed by atoms with van der Waals surface area (Å²) in [6, 6.07) is 2.76. The number of halogens is 1. The van der Waals surface area contributed by atoms with Crippen LogP contribution in [0.4, 0.5) is 10.1 Å². The molecule has 2 rings (SSSR count). The van der Waals surface area contributed by atoms with Crippen LogP contribution in [0.15, 0.2) is 12.1 Å². The van der Waals surface area contributed by atoms with E-state index in [9.17, 15) is 9.18 Å². The first-order valence-electron chi connectivity index (χ1n) is 3.80. The highest BCUT2D eigenvalue weighted by Gasteiger charge is 2.22. The van der Waals surface area contributed by atoms with E-state index in [0.29, 0.717) is 24.0 Å². The summed E-state index contributed by atoms with van der Waals surface area (Å²) in [5, 5.41) is 0. The quantitative estimate of drug-likeness (QED) is 0.592. The Kier molecular flexibility index (Phi) is 1.40. The lowest BCUT2D eigenvalue weighted by Crippen LogP contribution is -1.98. The fraction of sp³-hybridized carbons (Fsp3) is 0.222. The van der Waals surface area contributed by atoms with Crippen LogP contribution in [0.3, 0.4) is 0 Å². The highest BCUT2D eigenvalue weighted by atomic mass is 19.1. The molecule has 0 spiro atoms. The molecular weight excluding hydrogens is 157 g/mol. The van der Waals surface area contributed by atoms with Crippen molar-refractivity contribution in [1.29, 1.82) is 0 Å². The number of ketones is 1. The smallest absolute Gasteiger partial charge is 0.163 e. The molecule has 0 atom stereocenters. The van der Waals surface area contributed by atoms with Gasteiger partial charge in [0.15, 0.2) is 5.78 Å². The molecule has 1 aromatic rings. The molecule has 0 heterocycles. The molecule has 12 heavy (non-hydrogen) atoms. The number of Topliss-reactive ketones (excluding diaryl/α,β-unsaturated/α-hetero) is 1. The molecule has 0 aromatic heterocycles. The molecule has 2 N–H and O–H groups in total. The minimum absolute atomic E-state index is 0.0664. The van der Waals surface area contributed by atoms with Crippen LogP contribution in [0.1, 0.15) is 22.3 Å². The van der Waals surface area contributed by atoms with Gasteiger partial charge in [0, 0.05) is 12.0 Å². The average molecular weight is 165 g/mol. The van der Waals surface area contributed by atoms with Crippen molar-refractivity contribution in [3.63, 3.8) is 0 Å². The monoisotopic (exact) mass is 165 g/mol. The van der Waals surface area contributed by atoms with Crippen molar-refractivity contribution in [3.8, 4) is 0 Å². The number of carbonyl (C=O) groups is 1. The van der Waals surface area contributed by atoms with Crippen LogP contribution in [-0.2, 0) is 6.42 Å². The number of nitrogens with two attached hydrogens (primary N) is 1. The van der Waals surface area contributed by atoms with Gasteiger partial charge < -0.3 is 5.73 Å². The fourth-order valence-corrected chi connectivity index (χ4v) is 1.54. The third-order valence-corrected chi connectivity index (χ3v) is 2.21. The summed E-state index contributed by atoms with van der Waals surface area (Å²) in [5.41, 5.74) is 6.88. The van der Waals surface area contributed by atoms with Gasteiger partial charge in [0.25, 0.3) is 0 Å². The number of rotatable bonds is 0. The molecule has 1 aliphatic carbocycles. The molecule has 0 saturated heterocycles. The first-order valence-corrected chi connectivity index (χ1v) is 3.80. The van der Waals surface area contributed by atoms with Crippen molar-refractivity contribution in [2.45, 2.75) is 12.8 Å². The minimum Gasteiger partial charge on any atom is -0.396 e. The lowest BCUT2D eigenvalue weighted by molar-refractivity contribution is 0.0994. The van der Waals surface area contributed by atoms with E-state index >= 15 is 0 Å². The molecular formula is C9H8FNO. The molecule has 0 unspecified atom stereocenters. The fourth-order valence-electron chi connectivity index (χ4n) is 1.54. The third kappa shape index (κ3) is 0.826. The van der Waals surface area contributed by atoms with E-state index in [1.165, 1.54) is 12.1 Å². The van der Waals surface area contributed by atoms with Crippen molar-refractivity contribution in [2.75, 3.05) is 5.73 Å². The predicted molar refractivity (Wildman–Crippen MR) is 43.5 cm³/mol. The second-order valence-corrected chi connectivity index (χ2v) is 2.91. The standard InChI is InChI=1S/C9H8FNO/c10-7-3-1-5-6(9(7)11)2-4-8(5)12/h1,3H,2,4,11H2. The third-order valence-electron chi connectivity index (χ3n) is 2.21. The van der Waals surface area contributed by atoms with Crippen molar-refractivity contribution in [3.05, 3.63) is 29.1 Å². The first-order chi connectivity index (χ1) is 5.70. The van der Waals surface area contributed by atoms with Crippen LogP contribution in [0, 0.1) is 5.82 Å². The lowest BCUT2D eigenvalue weighted by atomic mass is 10.1. The maximum absolute atomic E-state index is 12.9. The molecule has 0 fully saturated rings. The highest BCUT2D eigenvalue weighted by molar-refractivity contribution is 6.01. The van der Waals surface area contributed by atoms with Gasteiger partial charge in [-0.3, -0.25) is 4.79 Å². The normalized spacial score (nSPS) is 14.9. The Morgan fingerprint density at radius 1 is 1.33 bits per heavy atom. The maximum Gasteiger partial charge on any atom is 0.163 e. The highest BCUT2D eigenvalue weighted by Crippen LogP contribution is 2.28. The van der Waals surface area contributed by atoms with Crippen LogP contribution in [-0.4, -0.2) is 5.78 Å². The topological polar surface area (TPSA) is 43.1 Å². The van der Waals surface area contributed by atoms with E-state index < -0.39 is 5.82 Å². The summed E-state index contributed by atoms with van der Waals surface area (Å²) in [6.45, 7) is 0. The Balaban J connectivity index is 2.68. The summed E-state index contributed by atoms with van der Waals surface area (Å²) in [5.74, 6) is -0.361. The number of hydrogen-bond donors (Lipinski definition) is 1. The van der Waals surface area contributed by atoms with E-state index in [-0.39, 0.29) is 11.5 Å². The zero-order chi connectivity index (χ0) is 8.72. The van der Waals surface area contributed by atoms with E-state index in [1.807, 2.05) is 0 Å². The SMILES string of the molecule is Nc1c(F)ccc2c1CCC2=O. The van der Waals surface area contributed by atoms with Crippen LogP contribution in [0.2, 0.25) is 0 Å². The van der Waals surface area contributed by atoms with Gasteiger partial charge in [0.1, 0.15) is 5.82 Å². The second-order valence-electron chi connectivity index (χ2n) is 2.91. The second kappa shape index (κ2) is 2.30. The molecule has 3 heteroatoms. The van der Waals surface area contributed by atoms with Crippen LogP contribution in [0.5, 0.6) is 0 Å². The van der Waals surface area contributed by atoms with Gasteiger partial charge in [-0.15, -0.1) is 0 Å². The van der Waals surface area contributed by atoms with E-state index in [4.69, 9.17) is 5.73 Å². The molecule has 0 radical (unpaired) electrons. The minimum atomic E-state index is -0.427. The molecule has 62 valence electrons. The first kappa shape index (κ1) is 7.28. The largest absolute Gasteiger partial charge is 0.396 e. The summed E-state index contributed by atoms with van der Waals surface area (Å²) < 4.78 is 12.9. The zero-order valence-electron chi connectivity index (χ0n) is 6.43. The molecule has 0 saturated carbocycles. The van der Waals surface area contributed by atoms with Gasteiger partial charge in [-0.2, -0.15) is 0 Å². The zero-order valence-corrected chi connectivity index (χ0v) is 6.43. The molecule has 1 aliphatic rings. The van der Waals surface area contributed by atoms with E-state index in [1.54, 1.807) is 0 Å². The van der Waals surface area contributed by atoms with E-state index in [0.717, 1.165) is 0 Å². The van der Waals surface area contributed by atoms with Crippen LogP contribution in [0.25, 0.3) is 0 Å². The lowest BCUT2D eigenvalue weighted by Gasteiger charge is -2.02. The Bertz CT molecular complexity index is 360. The van der Waals surface area contributed by atoms with E-state index in [2.05, 4.69) is 0 Å². The Hall–Kier alpha value is -1.38. The van der Waals surface area contributed by atoms with Crippen LogP contribution >= 0.6 is 0 Å².